The van der Waals surface area contributed by atoms with E-state index in [0.717, 1.165) is 30.5 Å². The maximum atomic E-state index is 14.3. The molecule has 29 heavy (non-hydrogen) atoms. The number of amides is 2. The Hall–Kier alpha value is -3.68. The summed E-state index contributed by atoms with van der Waals surface area (Å²) in [6.07, 6.45) is 1.80. The summed E-state index contributed by atoms with van der Waals surface area (Å²) in [4.78, 5) is 24.1. The molecule has 0 fully saturated rings. The van der Waals surface area contributed by atoms with Crippen LogP contribution < -0.4 is 10.6 Å². The molecule has 2 aromatic carbocycles. The number of carbonyl (C=O) groups is 2. The van der Waals surface area contributed by atoms with Gasteiger partial charge in [-0.2, -0.15) is 5.10 Å². The molecule has 0 bridgehead atoms. The maximum absolute atomic E-state index is 14.3. The molecule has 8 heteroatoms. The summed E-state index contributed by atoms with van der Waals surface area (Å²) in [7, 11) is 1.28. The van der Waals surface area contributed by atoms with Crippen LogP contribution in [0.15, 0.2) is 48.5 Å². The molecule has 0 radical (unpaired) electrons. The quantitative estimate of drug-likeness (QED) is 0.702. The second-order valence-electron chi connectivity index (χ2n) is 6.64. The Labute approximate surface area is 166 Å². The van der Waals surface area contributed by atoms with Crippen LogP contribution in [0, 0.1) is 5.82 Å². The van der Waals surface area contributed by atoms with Crippen molar-refractivity contribution < 1.29 is 18.7 Å². The van der Waals surface area contributed by atoms with Gasteiger partial charge in [-0.15, -0.1) is 0 Å². The summed E-state index contributed by atoms with van der Waals surface area (Å²) in [6.45, 7) is 0. The first-order valence-corrected chi connectivity index (χ1v) is 9.19. The van der Waals surface area contributed by atoms with E-state index in [1.54, 1.807) is 42.5 Å². The topological polar surface area (TPSA) is 85.2 Å². The van der Waals surface area contributed by atoms with Gasteiger partial charge < -0.3 is 10.1 Å². The number of hydrogen-bond donors (Lipinski definition) is 2. The number of carbonyl (C=O) groups excluding carboxylic acids is 2. The molecule has 0 atom stereocenters. The maximum Gasteiger partial charge on any atom is 0.411 e. The van der Waals surface area contributed by atoms with Crippen LogP contribution in [0.3, 0.4) is 0 Å². The zero-order valence-electron chi connectivity index (χ0n) is 15.7. The highest BCUT2D eigenvalue weighted by Crippen LogP contribution is 2.29. The highest BCUT2D eigenvalue weighted by Gasteiger charge is 2.27. The fraction of sp³-hybridized carbons (Fsp3) is 0.190. The molecule has 1 aliphatic rings. The third kappa shape index (κ3) is 3.69. The summed E-state index contributed by atoms with van der Waals surface area (Å²) in [5.74, 6) is -0.739. The standard InChI is InChI=1S/C21H19FN4O3/c1-29-21(28)24-14-11-9-13(10-12-14)23-20(27)19-15-5-4-8-17(15)26(25-19)18-7-3-2-6-16(18)22/h2-3,6-7,9-12H,4-5,8H2,1H3,(H,23,27)(H,24,28). The zero-order valence-corrected chi connectivity index (χ0v) is 15.7. The number of fused-ring (bicyclic) bond motifs is 1. The van der Waals surface area contributed by atoms with E-state index in [2.05, 4.69) is 20.5 Å². The monoisotopic (exact) mass is 394 g/mol. The minimum Gasteiger partial charge on any atom is -0.453 e. The summed E-state index contributed by atoms with van der Waals surface area (Å²) in [5, 5.41) is 9.77. The fourth-order valence-corrected chi connectivity index (χ4v) is 3.44. The average molecular weight is 394 g/mol. The van der Waals surface area contributed by atoms with Crippen molar-refractivity contribution in [1.29, 1.82) is 0 Å². The van der Waals surface area contributed by atoms with Crippen LogP contribution in [0.1, 0.15) is 28.2 Å². The largest absolute Gasteiger partial charge is 0.453 e. The Balaban J connectivity index is 1.58. The molecular formula is C21H19FN4O3. The minimum absolute atomic E-state index is 0.303. The lowest BCUT2D eigenvalue weighted by Gasteiger charge is -2.07. The first-order chi connectivity index (χ1) is 14.1. The van der Waals surface area contributed by atoms with Gasteiger partial charge >= 0.3 is 6.09 Å². The Bertz CT molecular complexity index is 1080. The van der Waals surface area contributed by atoms with Gasteiger partial charge in [0.05, 0.1) is 7.11 Å². The molecule has 7 nitrogen and oxygen atoms in total. The zero-order chi connectivity index (χ0) is 20.4. The van der Waals surface area contributed by atoms with Crippen LogP contribution in [-0.2, 0) is 17.6 Å². The number of rotatable bonds is 4. The van der Waals surface area contributed by atoms with Crippen molar-refractivity contribution in [2.75, 3.05) is 17.7 Å². The molecule has 148 valence electrons. The van der Waals surface area contributed by atoms with Crippen LogP contribution in [0.5, 0.6) is 0 Å². The van der Waals surface area contributed by atoms with Gasteiger partial charge in [0.2, 0.25) is 0 Å². The lowest BCUT2D eigenvalue weighted by atomic mass is 10.2. The van der Waals surface area contributed by atoms with E-state index in [4.69, 9.17) is 0 Å². The number of nitrogens with one attached hydrogen (secondary N) is 2. The second kappa shape index (κ2) is 7.75. The van der Waals surface area contributed by atoms with Gasteiger partial charge in [-0.05, 0) is 55.7 Å². The molecule has 1 aliphatic carbocycles. The molecule has 4 rings (SSSR count). The summed E-state index contributed by atoms with van der Waals surface area (Å²) in [6, 6.07) is 13.0. The predicted molar refractivity (Wildman–Crippen MR) is 106 cm³/mol. The van der Waals surface area contributed by atoms with Crippen molar-refractivity contribution in [2.24, 2.45) is 0 Å². The first-order valence-electron chi connectivity index (χ1n) is 9.19. The number of benzene rings is 2. The summed E-state index contributed by atoms with van der Waals surface area (Å²) < 4.78 is 20.3. The van der Waals surface area contributed by atoms with Crippen molar-refractivity contribution in [2.45, 2.75) is 19.3 Å². The molecule has 1 aromatic heterocycles. The number of ether oxygens (including phenoxy) is 1. The van der Waals surface area contributed by atoms with Crippen molar-refractivity contribution in [3.05, 3.63) is 71.3 Å². The lowest BCUT2D eigenvalue weighted by Crippen LogP contribution is -2.15. The molecule has 1 heterocycles. The van der Waals surface area contributed by atoms with E-state index in [9.17, 15) is 14.0 Å². The number of hydrogen-bond acceptors (Lipinski definition) is 4. The van der Waals surface area contributed by atoms with Crippen LogP contribution in [0.2, 0.25) is 0 Å². The first kappa shape index (κ1) is 18.7. The Morgan fingerprint density at radius 3 is 2.41 bits per heavy atom. The van der Waals surface area contributed by atoms with Crippen molar-refractivity contribution in [3.8, 4) is 5.69 Å². The van der Waals surface area contributed by atoms with E-state index >= 15 is 0 Å². The van der Waals surface area contributed by atoms with E-state index in [1.165, 1.54) is 17.9 Å². The number of halogens is 1. The van der Waals surface area contributed by atoms with Crippen molar-refractivity contribution in [3.63, 3.8) is 0 Å². The minimum atomic E-state index is -0.573. The van der Waals surface area contributed by atoms with Crippen LogP contribution >= 0.6 is 0 Å². The molecule has 2 N–H and O–H groups in total. The van der Waals surface area contributed by atoms with E-state index in [0.29, 0.717) is 22.8 Å². The van der Waals surface area contributed by atoms with Gasteiger partial charge in [0.1, 0.15) is 11.5 Å². The molecule has 0 unspecified atom stereocenters. The van der Waals surface area contributed by atoms with Crippen molar-refractivity contribution >= 4 is 23.4 Å². The van der Waals surface area contributed by atoms with E-state index in [-0.39, 0.29) is 11.7 Å². The molecule has 0 aliphatic heterocycles. The van der Waals surface area contributed by atoms with Crippen LogP contribution in [0.4, 0.5) is 20.6 Å². The lowest BCUT2D eigenvalue weighted by molar-refractivity contribution is 0.102. The molecule has 0 spiro atoms. The number of para-hydroxylation sites is 1. The molecule has 2 amide bonds. The second-order valence-corrected chi connectivity index (χ2v) is 6.64. The smallest absolute Gasteiger partial charge is 0.411 e. The molecular weight excluding hydrogens is 375 g/mol. The SMILES string of the molecule is COC(=O)Nc1ccc(NC(=O)c2nn(-c3ccccc3F)c3c2CCC3)cc1. The third-order valence-electron chi connectivity index (χ3n) is 4.80. The van der Waals surface area contributed by atoms with Crippen LogP contribution in [-0.4, -0.2) is 28.9 Å². The highest BCUT2D eigenvalue weighted by atomic mass is 19.1. The Kier molecular flexibility index (Phi) is 4.99. The third-order valence-corrected chi connectivity index (χ3v) is 4.80. The van der Waals surface area contributed by atoms with Gasteiger partial charge in [0.15, 0.2) is 5.69 Å². The fourth-order valence-electron chi connectivity index (χ4n) is 3.44. The summed E-state index contributed by atoms with van der Waals surface area (Å²) in [5.41, 5.74) is 3.46. The van der Waals surface area contributed by atoms with Crippen LogP contribution in [0.25, 0.3) is 5.69 Å². The van der Waals surface area contributed by atoms with Gasteiger partial charge in [-0.1, -0.05) is 12.1 Å². The highest BCUT2D eigenvalue weighted by molar-refractivity contribution is 6.04. The van der Waals surface area contributed by atoms with Gasteiger partial charge in [0.25, 0.3) is 5.91 Å². The normalized spacial score (nSPS) is 12.3. The molecule has 0 saturated carbocycles. The average Bonchev–Trinajstić information content (AvgIpc) is 3.33. The van der Waals surface area contributed by atoms with E-state index in [1.807, 2.05) is 0 Å². The number of aromatic nitrogens is 2. The van der Waals surface area contributed by atoms with Crippen molar-refractivity contribution in [1.82, 2.24) is 9.78 Å². The summed E-state index contributed by atoms with van der Waals surface area (Å²) >= 11 is 0. The Morgan fingerprint density at radius 1 is 1.03 bits per heavy atom. The van der Waals surface area contributed by atoms with Gasteiger partial charge in [-0.25, -0.2) is 13.9 Å². The van der Waals surface area contributed by atoms with Gasteiger partial charge in [0, 0.05) is 22.6 Å². The number of anilines is 2. The van der Waals surface area contributed by atoms with E-state index < -0.39 is 6.09 Å². The number of methoxy groups -OCH3 is 1. The predicted octanol–water partition coefficient (Wildman–Crippen LogP) is 3.93. The molecule has 3 aromatic rings. The Morgan fingerprint density at radius 2 is 1.72 bits per heavy atom. The molecule has 0 saturated heterocycles. The number of nitrogens with zero attached hydrogens (tertiary/aromatic N) is 2. The van der Waals surface area contributed by atoms with Gasteiger partial charge in [-0.3, -0.25) is 10.1 Å².